The van der Waals surface area contributed by atoms with Gasteiger partial charge in [0.1, 0.15) is 23.1 Å². The van der Waals surface area contributed by atoms with Crippen LogP contribution in [-0.4, -0.2) is 51.8 Å². The van der Waals surface area contributed by atoms with E-state index < -0.39 is 11.6 Å². The summed E-state index contributed by atoms with van der Waals surface area (Å²) in [6.45, 7) is 2.07. The van der Waals surface area contributed by atoms with Gasteiger partial charge in [-0.05, 0) is 24.3 Å². The van der Waals surface area contributed by atoms with E-state index in [-0.39, 0.29) is 22.7 Å². The first-order valence-electron chi connectivity index (χ1n) is 9.08. The molecule has 0 bridgehead atoms. The average Bonchev–Trinajstić information content (AvgIpc) is 3.09. The monoisotopic (exact) mass is 417 g/mol. The fourth-order valence-electron chi connectivity index (χ4n) is 3.43. The molecule has 1 aliphatic rings. The number of halogens is 3. The van der Waals surface area contributed by atoms with Crippen LogP contribution in [0.2, 0.25) is 5.02 Å². The molecule has 3 heterocycles. The van der Waals surface area contributed by atoms with Crippen molar-refractivity contribution in [1.29, 1.82) is 0 Å². The molecule has 0 N–H and O–H groups in total. The van der Waals surface area contributed by atoms with Gasteiger partial charge in [-0.2, -0.15) is 5.10 Å². The van der Waals surface area contributed by atoms with E-state index in [4.69, 9.17) is 11.6 Å². The van der Waals surface area contributed by atoms with Crippen molar-refractivity contribution in [2.75, 3.05) is 31.1 Å². The van der Waals surface area contributed by atoms with Crippen molar-refractivity contribution < 1.29 is 13.6 Å². The minimum absolute atomic E-state index is 0.0919. The molecule has 29 heavy (non-hydrogen) atoms. The molecule has 0 aliphatic carbocycles. The van der Waals surface area contributed by atoms with Crippen LogP contribution < -0.4 is 4.90 Å². The van der Waals surface area contributed by atoms with Crippen LogP contribution in [0.4, 0.5) is 14.6 Å². The largest absolute Gasteiger partial charge is 0.352 e. The molecule has 3 aromatic rings. The first kappa shape index (κ1) is 19.3. The topological polar surface area (TPSA) is 54.3 Å². The number of hydrogen-bond acceptors (Lipinski definition) is 4. The normalized spacial score (nSPS) is 14.3. The van der Waals surface area contributed by atoms with Gasteiger partial charge in [0.25, 0.3) is 5.91 Å². The Morgan fingerprint density at radius 2 is 1.90 bits per heavy atom. The number of aryl methyl sites for hydroxylation is 1. The molecule has 150 valence electrons. The summed E-state index contributed by atoms with van der Waals surface area (Å²) in [5.74, 6) is -0.993. The molecule has 1 aliphatic heterocycles. The van der Waals surface area contributed by atoms with E-state index in [0.717, 1.165) is 12.1 Å². The standard InChI is InChI=1S/C20H18ClF2N5O/c1-26-12-15(18(25-26)14-5-4-13(22)11-17(14)23)20(29)28-9-7-27(8-10-28)19-16(21)3-2-6-24-19/h2-6,11-12H,7-10H2,1H3. The molecule has 6 nitrogen and oxygen atoms in total. The van der Waals surface area contributed by atoms with Crippen LogP contribution in [0.3, 0.4) is 0 Å². The Hall–Kier alpha value is -3.00. The third-order valence-corrected chi connectivity index (χ3v) is 5.15. The van der Waals surface area contributed by atoms with Gasteiger partial charge in [0.15, 0.2) is 0 Å². The Balaban J connectivity index is 1.55. The van der Waals surface area contributed by atoms with Crippen molar-refractivity contribution in [2.45, 2.75) is 0 Å². The summed E-state index contributed by atoms with van der Waals surface area (Å²) >= 11 is 6.21. The Labute approximate surface area is 171 Å². The third-order valence-electron chi connectivity index (χ3n) is 4.85. The SMILES string of the molecule is Cn1cc(C(=O)N2CCN(c3ncccc3Cl)CC2)c(-c2ccc(F)cc2F)n1. The molecular formula is C20H18ClF2N5O. The van der Waals surface area contributed by atoms with Crippen molar-refractivity contribution in [3.63, 3.8) is 0 Å². The van der Waals surface area contributed by atoms with Gasteiger partial charge < -0.3 is 9.80 Å². The maximum Gasteiger partial charge on any atom is 0.257 e. The van der Waals surface area contributed by atoms with Crippen molar-refractivity contribution in [3.05, 3.63) is 64.9 Å². The van der Waals surface area contributed by atoms with Crippen LogP contribution >= 0.6 is 11.6 Å². The number of nitrogens with zero attached hydrogens (tertiary/aromatic N) is 5. The second kappa shape index (κ2) is 7.79. The summed E-state index contributed by atoms with van der Waals surface area (Å²) in [5.41, 5.74) is 0.571. The average molecular weight is 418 g/mol. The molecule has 1 amide bonds. The number of benzene rings is 1. The van der Waals surface area contributed by atoms with Gasteiger partial charge in [-0.1, -0.05) is 11.6 Å². The number of aromatic nitrogens is 3. The molecule has 1 fully saturated rings. The highest BCUT2D eigenvalue weighted by Crippen LogP contribution is 2.28. The summed E-state index contributed by atoms with van der Waals surface area (Å²) in [4.78, 5) is 21.1. The van der Waals surface area contributed by atoms with Crippen molar-refractivity contribution in [2.24, 2.45) is 7.05 Å². The maximum atomic E-state index is 14.3. The summed E-state index contributed by atoms with van der Waals surface area (Å²) in [7, 11) is 1.66. The van der Waals surface area contributed by atoms with Gasteiger partial charge >= 0.3 is 0 Å². The van der Waals surface area contributed by atoms with Gasteiger partial charge in [0.05, 0.1) is 10.6 Å². The smallest absolute Gasteiger partial charge is 0.257 e. The van der Waals surface area contributed by atoms with E-state index in [1.54, 1.807) is 36.5 Å². The highest BCUT2D eigenvalue weighted by molar-refractivity contribution is 6.32. The molecule has 0 atom stereocenters. The molecule has 2 aromatic heterocycles. The summed E-state index contributed by atoms with van der Waals surface area (Å²) < 4.78 is 29.0. The zero-order valence-corrected chi connectivity index (χ0v) is 16.4. The number of amides is 1. The third kappa shape index (κ3) is 3.80. The van der Waals surface area contributed by atoms with Crippen molar-refractivity contribution >= 4 is 23.3 Å². The quantitative estimate of drug-likeness (QED) is 0.655. The van der Waals surface area contributed by atoms with E-state index in [9.17, 15) is 13.6 Å². The number of piperazine rings is 1. The highest BCUT2D eigenvalue weighted by atomic mass is 35.5. The number of carbonyl (C=O) groups excluding carboxylic acids is 1. The summed E-state index contributed by atoms with van der Waals surface area (Å²) in [6, 6.07) is 6.78. The molecular weight excluding hydrogens is 400 g/mol. The predicted molar refractivity (Wildman–Crippen MR) is 106 cm³/mol. The molecule has 9 heteroatoms. The van der Waals surface area contributed by atoms with E-state index in [1.807, 2.05) is 4.90 Å². The van der Waals surface area contributed by atoms with Crippen molar-refractivity contribution in [1.82, 2.24) is 19.7 Å². The first-order chi connectivity index (χ1) is 13.9. The molecule has 0 unspecified atom stereocenters. The Morgan fingerprint density at radius 1 is 1.14 bits per heavy atom. The van der Waals surface area contributed by atoms with Gasteiger partial charge in [-0.25, -0.2) is 13.8 Å². The second-order valence-corrected chi connectivity index (χ2v) is 7.18. The van der Waals surface area contributed by atoms with Gasteiger partial charge in [-0.3, -0.25) is 9.48 Å². The number of carbonyl (C=O) groups is 1. The van der Waals surface area contributed by atoms with E-state index in [0.29, 0.717) is 37.0 Å². The minimum atomic E-state index is -0.757. The Bertz CT molecular complexity index is 1060. The van der Waals surface area contributed by atoms with Crippen LogP contribution in [0.1, 0.15) is 10.4 Å². The summed E-state index contributed by atoms with van der Waals surface area (Å²) in [5, 5.41) is 4.79. The number of hydrogen-bond donors (Lipinski definition) is 0. The molecule has 1 saturated heterocycles. The lowest BCUT2D eigenvalue weighted by atomic mass is 10.1. The lowest BCUT2D eigenvalue weighted by Gasteiger charge is -2.35. The van der Waals surface area contributed by atoms with Crippen LogP contribution in [0.15, 0.2) is 42.7 Å². The van der Waals surface area contributed by atoms with Crippen molar-refractivity contribution in [3.8, 4) is 11.3 Å². The fraction of sp³-hybridized carbons (Fsp3) is 0.250. The highest BCUT2D eigenvalue weighted by Gasteiger charge is 2.28. The van der Waals surface area contributed by atoms with E-state index in [2.05, 4.69) is 10.1 Å². The number of rotatable bonds is 3. The predicted octanol–water partition coefficient (Wildman–Crippen LogP) is 3.38. The molecule has 4 rings (SSSR count). The molecule has 0 saturated carbocycles. The van der Waals surface area contributed by atoms with Crippen LogP contribution in [0.25, 0.3) is 11.3 Å². The zero-order valence-electron chi connectivity index (χ0n) is 15.6. The number of pyridine rings is 1. The summed E-state index contributed by atoms with van der Waals surface area (Å²) in [6.07, 6.45) is 3.24. The van der Waals surface area contributed by atoms with Crippen LogP contribution in [0.5, 0.6) is 0 Å². The van der Waals surface area contributed by atoms with Gasteiger partial charge in [0, 0.05) is 57.3 Å². The Kier molecular flexibility index (Phi) is 5.19. The molecule has 1 aromatic carbocycles. The van der Waals surface area contributed by atoms with Gasteiger partial charge in [0.2, 0.25) is 0 Å². The van der Waals surface area contributed by atoms with Gasteiger partial charge in [-0.15, -0.1) is 0 Å². The maximum absolute atomic E-state index is 14.3. The lowest BCUT2D eigenvalue weighted by molar-refractivity contribution is 0.0747. The van der Waals surface area contributed by atoms with E-state index >= 15 is 0 Å². The first-order valence-corrected chi connectivity index (χ1v) is 9.45. The van der Waals surface area contributed by atoms with Crippen LogP contribution in [-0.2, 0) is 7.05 Å². The van der Waals surface area contributed by atoms with Crippen LogP contribution in [0, 0.1) is 11.6 Å². The number of anilines is 1. The second-order valence-electron chi connectivity index (χ2n) is 6.78. The molecule has 0 spiro atoms. The zero-order chi connectivity index (χ0) is 20.5. The molecule has 0 radical (unpaired) electrons. The lowest BCUT2D eigenvalue weighted by Crippen LogP contribution is -2.49. The van der Waals surface area contributed by atoms with E-state index in [1.165, 1.54) is 10.7 Å². The minimum Gasteiger partial charge on any atom is -0.352 e. The Morgan fingerprint density at radius 3 is 2.59 bits per heavy atom. The fourth-order valence-corrected chi connectivity index (χ4v) is 3.67.